The van der Waals surface area contributed by atoms with Crippen molar-refractivity contribution in [2.75, 3.05) is 27.3 Å². The number of ether oxygens (including phenoxy) is 5. The number of fused-ring (bicyclic) bond motifs is 14. The molecule has 15 heteroatoms. The normalized spacial score (nSPS) is 34.1. The van der Waals surface area contributed by atoms with Crippen LogP contribution in [-0.4, -0.2) is 113 Å². The van der Waals surface area contributed by atoms with Crippen molar-refractivity contribution in [1.82, 2.24) is 10.2 Å². The molecule has 1 saturated heterocycles. The number of phenols is 1. The Labute approximate surface area is 338 Å². The van der Waals surface area contributed by atoms with Crippen molar-refractivity contribution in [3.05, 3.63) is 69.8 Å². The van der Waals surface area contributed by atoms with Crippen LogP contribution in [0, 0.1) is 30.6 Å². The third-order valence-electron chi connectivity index (χ3n) is 11.8. The molecule has 1 aromatic rings. The average molecular weight is 809 g/mol. The van der Waals surface area contributed by atoms with Crippen LogP contribution in [0.4, 0.5) is 0 Å². The number of aromatic hydroxyl groups is 1. The lowest BCUT2D eigenvalue weighted by Crippen LogP contribution is -2.46. The fourth-order valence-corrected chi connectivity index (χ4v) is 8.23. The molecule has 4 aliphatic heterocycles. The number of rotatable bonds is 5. The number of likely N-dealkylation sites (N-methyl/N-ethyl adjacent to an activating group) is 1. The van der Waals surface area contributed by atoms with E-state index >= 15 is 0 Å². The fourth-order valence-electron chi connectivity index (χ4n) is 8.23. The summed E-state index contributed by atoms with van der Waals surface area (Å²) in [4.78, 5) is 71.2. The molecule has 316 valence electrons. The second kappa shape index (κ2) is 17.6. The molecule has 1 aromatic carbocycles. The van der Waals surface area contributed by atoms with Gasteiger partial charge in [-0.2, -0.15) is 0 Å². The Morgan fingerprint density at radius 1 is 0.983 bits per heavy atom. The van der Waals surface area contributed by atoms with E-state index in [9.17, 15) is 39.3 Å². The summed E-state index contributed by atoms with van der Waals surface area (Å²) in [6.45, 7) is 13.1. The summed E-state index contributed by atoms with van der Waals surface area (Å²) in [6.07, 6.45) is 4.67. The number of amides is 1. The van der Waals surface area contributed by atoms with E-state index in [2.05, 4.69) is 5.32 Å². The topological polar surface area (TPSA) is 207 Å². The van der Waals surface area contributed by atoms with E-state index < -0.39 is 94.4 Å². The minimum atomic E-state index is -2.08. The number of allylic oxidation sites excluding steroid dienone is 4. The SMILES string of the molecule is CO[C@H]1/C=C/O[C@@]2(C)Oc3c(C)c(O)c4c(c3C2=O)C(=O)C(N(C)C[C@H]2CCCO2)=C(NC(=O)/C(C)=C\C=C\[C@H](C)[C@H](O)[C@@H](C)[C@H](O)[C@H](C)[C@H](OC(C)=O)[C@@H]1C)C4=O. The van der Waals surface area contributed by atoms with Crippen LogP contribution in [0.2, 0.25) is 0 Å². The number of methoxy groups -OCH3 is 1. The van der Waals surface area contributed by atoms with E-state index in [1.54, 1.807) is 46.9 Å². The Bertz CT molecular complexity index is 1960. The molecule has 5 aliphatic rings. The van der Waals surface area contributed by atoms with Gasteiger partial charge in [-0.3, -0.25) is 24.0 Å². The highest BCUT2D eigenvalue weighted by molar-refractivity contribution is 6.32. The van der Waals surface area contributed by atoms with Crippen LogP contribution in [0.15, 0.2) is 47.5 Å². The molecule has 0 radical (unpaired) electrons. The second-order valence-electron chi connectivity index (χ2n) is 16.0. The van der Waals surface area contributed by atoms with Crippen LogP contribution in [0.25, 0.3) is 0 Å². The zero-order chi connectivity index (χ0) is 43.0. The standard InChI is InChI=1S/C43H56N2O13/c1-20-13-11-14-21(2)42(53)44-32-33(45(9)19-27-15-12-17-55-27)38(51)29-30(37(32)50)36(49)25(6)40-31(29)41(52)43(8,58-40)56-18-16-28(54-10)22(3)39(57-26(7)46)24(5)35(48)23(4)34(20)47/h11,13-14,16,18,20,22-24,27-28,34-35,39,47-49H,12,15,17,19H2,1-10H3,(H,44,53)/b13-11+,18-16+,21-14-/t20-,22+,23+,24-,27+,28-,34-,35-,39+,43-/m0/s1. The van der Waals surface area contributed by atoms with Gasteiger partial charge in [0.15, 0.2) is 0 Å². The molecule has 1 fully saturated rings. The number of hydrogen-bond donors (Lipinski definition) is 4. The quantitative estimate of drug-likeness (QED) is 0.310. The van der Waals surface area contributed by atoms with E-state index in [0.29, 0.717) is 13.0 Å². The zero-order valence-corrected chi connectivity index (χ0v) is 34.8. The summed E-state index contributed by atoms with van der Waals surface area (Å²) in [5.74, 6) is -9.17. The number of carbonyl (C=O) groups excluding carboxylic acids is 5. The first-order valence-electron chi connectivity index (χ1n) is 19.6. The van der Waals surface area contributed by atoms with Crippen molar-refractivity contribution in [2.24, 2.45) is 23.7 Å². The zero-order valence-electron chi connectivity index (χ0n) is 34.8. The highest BCUT2D eigenvalue weighted by atomic mass is 16.7. The predicted molar refractivity (Wildman–Crippen MR) is 210 cm³/mol. The number of aliphatic hydroxyl groups excluding tert-OH is 2. The third-order valence-corrected chi connectivity index (χ3v) is 11.8. The first kappa shape index (κ1) is 44.3. The van der Waals surface area contributed by atoms with E-state index in [0.717, 1.165) is 6.42 Å². The van der Waals surface area contributed by atoms with Gasteiger partial charge in [0.05, 0.1) is 47.4 Å². The summed E-state index contributed by atoms with van der Waals surface area (Å²) in [6, 6.07) is 0. The molecule has 10 atom stereocenters. The number of benzene rings is 1. The Morgan fingerprint density at radius 3 is 2.29 bits per heavy atom. The lowest BCUT2D eigenvalue weighted by atomic mass is 9.78. The summed E-state index contributed by atoms with van der Waals surface area (Å²) in [5, 5.41) is 37.0. The van der Waals surface area contributed by atoms with Gasteiger partial charge in [-0.15, -0.1) is 0 Å². The maximum Gasteiger partial charge on any atom is 0.312 e. The number of esters is 1. The third kappa shape index (κ3) is 8.35. The van der Waals surface area contributed by atoms with Crippen molar-refractivity contribution in [1.29, 1.82) is 0 Å². The Kier molecular flexibility index (Phi) is 13.4. The molecule has 0 aromatic heterocycles. The van der Waals surface area contributed by atoms with Gasteiger partial charge in [-0.25, -0.2) is 0 Å². The number of carbonyl (C=O) groups is 5. The van der Waals surface area contributed by atoms with Gasteiger partial charge in [-0.1, -0.05) is 45.9 Å². The Morgan fingerprint density at radius 2 is 1.67 bits per heavy atom. The largest absolute Gasteiger partial charge is 0.507 e. The number of aliphatic hydroxyl groups is 2. The van der Waals surface area contributed by atoms with E-state index in [1.165, 1.54) is 58.1 Å². The van der Waals surface area contributed by atoms with E-state index in [-0.39, 0.29) is 52.1 Å². The number of nitrogens with one attached hydrogen (secondary N) is 1. The van der Waals surface area contributed by atoms with Crippen molar-refractivity contribution >= 4 is 29.2 Å². The van der Waals surface area contributed by atoms with Crippen molar-refractivity contribution in [3.63, 3.8) is 0 Å². The Hall–Kier alpha value is -4.83. The van der Waals surface area contributed by atoms with Crippen molar-refractivity contribution in [2.45, 2.75) is 105 Å². The molecule has 0 spiro atoms. The van der Waals surface area contributed by atoms with Crippen molar-refractivity contribution < 1.29 is 63.0 Å². The fraction of sp³-hybridized carbons (Fsp3) is 0.558. The summed E-state index contributed by atoms with van der Waals surface area (Å²) in [7, 11) is 3.01. The van der Waals surface area contributed by atoms with Gasteiger partial charge in [0, 0.05) is 76.0 Å². The molecule has 1 amide bonds. The van der Waals surface area contributed by atoms with Gasteiger partial charge in [0.25, 0.3) is 11.7 Å². The maximum atomic E-state index is 14.8. The second-order valence-corrected chi connectivity index (χ2v) is 16.0. The molecule has 4 N–H and O–H groups in total. The first-order valence-corrected chi connectivity index (χ1v) is 19.6. The molecular formula is C43H56N2O13. The molecular weight excluding hydrogens is 752 g/mol. The number of nitrogens with zero attached hydrogens (tertiary/aromatic N) is 1. The van der Waals surface area contributed by atoms with E-state index in [4.69, 9.17) is 23.7 Å². The van der Waals surface area contributed by atoms with Gasteiger partial charge < -0.3 is 49.2 Å². The van der Waals surface area contributed by atoms with Crippen LogP contribution >= 0.6 is 0 Å². The monoisotopic (exact) mass is 808 g/mol. The Balaban J connectivity index is 1.67. The average Bonchev–Trinajstić information content (AvgIpc) is 3.79. The van der Waals surface area contributed by atoms with Crippen LogP contribution in [0.5, 0.6) is 11.5 Å². The van der Waals surface area contributed by atoms with Gasteiger partial charge in [0.1, 0.15) is 29.0 Å². The lowest BCUT2D eigenvalue weighted by molar-refractivity contribution is -0.160. The summed E-state index contributed by atoms with van der Waals surface area (Å²) >= 11 is 0. The van der Waals surface area contributed by atoms with Crippen LogP contribution in [-0.2, 0) is 28.5 Å². The summed E-state index contributed by atoms with van der Waals surface area (Å²) in [5.41, 5.74) is -1.56. The predicted octanol–water partition coefficient (Wildman–Crippen LogP) is 4.07. The van der Waals surface area contributed by atoms with Gasteiger partial charge in [-0.05, 0) is 32.8 Å². The smallest absolute Gasteiger partial charge is 0.312 e. The molecule has 58 heavy (non-hydrogen) atoms. The number of hydrogen-bond acceptors (Lipinski definition) is 14. The van der Waals surface area contributed by atoms with Crippen molar-refractivity contribution in [3.8, 4) is 11.5 Å². The summed E-state index contributed by atoms with van der Waals surface area (Å²) < 4.78 is 29.3. The molecule has 5 bridgehead atoms. The van der Waals surface area contributed by atoms with Crippen LogP contribution in [0.3, 0.4) is 0 Å². The highest BCUT2D eigenvalue weighted by Gasteiger charge is 2.53. The number of Topliss-reactive ketones (excluding diaryl/α,β-unsaturated/α-hetero) is 3. The number of phenolic OH excluding ortho intramolecular Hbond substituents is 1. The molecule has 15 nitrogen and oxygen atoms in total. The molecule has 0 saturated carbocycles. The van der Waals surface area contributed by atoms with Gasteiger partial charge in [0.2, 0.25) is 11.6 Å². The lowest BCUT2D eigenvalue weighted by Gasteiger charge is -2.38. The molecule has 1 aliphatic carbocycles. The maximum absolute atomic E-state index is 14.8. The molecule has 6 rings (SSSR count). The van der Waals surface area contributed by atoms with E-state index in [1.807, 2.05) is 0 Å². The highest BCUT2D eigenvalue weighted by Crippen LogP contribution is 2.49. The molecule has 0 unspecified atom stereocenters. The molecule has 4 heterocycles. The van der Waals surface area contributed by atoms with Gasteiger partial charge >= 0.3 is 11.8 Å². The minimum absolute atomic E-state index is 0.00109. The first-order chi connectivity index (χ1) is 27.2. The van der Waals surface area contributed by atoms with Crippen LogP contribution < -0.4 is 10.1 Å². The van der Waals surface area contributed by atoms with Crippen LogP contribution in [0.1, 0.15) is 97.9 Å². The minimum Gasteiger partial charge on any atom is -0.507 e. The number of ketones is 3.